The van der Waals surface area contributed by atoms with E-state index >= 15 is 0 Å². The van der Waals surface area contributed by atoms with E-state index in [9.17, 15) is 4.79 Å². The van der Waals surface area contributed by atoms with Crippen LogP contribution < -0.4 is 14.2 Å². The van der Waals surface area contributed by atoms with E-state index < -0.39 is 0 Å². The molecule has 0 aliphatic carbocycles. The highest BCUT2D eigenvalue weighted by atomic mass is 16.5. The lowest BCUT2D eigenvalue weighted by atomic mass is 10.1. The van der Waals surface area contributed by atoms with E-state index in [1.54, 1.807) is 39.5 Å². The first kappa shape index (κ1) is 19.4. The molecule has 0 spiro atoms. The van der Waals surface area contributed by atoms with Crippen LogP contribution in [0.3, 0.4) is 0 Å². The zero-order valence-corrected chi connectivity index (χ0v) is 15.4. The minimum absolute atomic E-state index is 0.382. The zero-order chi connectivity index (χ0) is 18.8. The predicted octanol–water partition coefficient (Wildman–Crippen LogP) is 3.90. The van der Waals surface area contributed by atoms with Crippen molar-refractivity contribution in [2.24, 2.45) is 0 Å². The Morgan fingerprint density at radius 2 is 1.62 bits per heavy atom. The van der Waals surface area contributed by atoms with Gasteiger partial charge in [0.2, 0.25) is 5.75 Å². The molecule has 5 heteroatoms. The Morgan fingerprint density at radius 1 is 0.962 bits per heavy atom. The number of ether oxygens (including phenoxy) is 4. The van der Waals surface area contributed by atoms with Gasteiger partial charge < -0.3 is 18.9 Å². The van der Waals surface area contributed by atoms with Crippen molar-refractivity contribution >= 4 is 12.0 Å². The normalized spacial score (nSPS) is 10.6. The molecular formula is C21H24O5. The van der Waals surface area contributed by atoms with Crippen LogP contribution in [0.2, 0.25) is 0 Å². The first-order valence-electron chi connectivity index (χ1n) is 8.36. The SMILES string of the molecule is COc1cc(/C=C/C(=O)OCCCc2ccccc2)cc(OC)c1OC. The molecule has 0 unspecified atom stereocenters. The fourth-order valence-corrected chi connectivity index (χ4v) is 2.50. The second-order valence-electron chi connectivity index (χ2n) is 5.55. The molecule has 0 heterocycles. The lowest BCUT2D eigenvalue weighted by molar-refractivity contribution is -0.137. The zero-order valence-electron chi connectivity index (χ0n) is 15.4. The van der Waals surface area contributed by atoms with E-state index in [1.807, 2.05) is 18.2 Å². The highest BCUT2D eigenvalue weighted by Crippen LogP contribution is 2.38. The van der Waals surface area contributed by atoms with Gasteiger partial charge in [0.25, 0.3) is 0 Å². The molecule has 26 heavy (non-hydrogen) atoms. The predicted molar refractivity (Wildman–Crippen MR) is 101 cm³/mol. The molecule has 2 aromatic rings. The van der Waals surface area contributed by atoms with Gasteiger partial charge in [0.05, 0.1) is 27.9 Å². The highest BCUT2D eigenvalue weighted by Gasteiger charge is 2.12. The molecular weight excluding hydrogens is 332 g/mol. The molecule has 0 N–H and O–H groups in total. The van der Waals surface area contributed by atoms with Gasteiger partial charge in [0.1, 0.15) is 0 Å². The van der Waals surface area contributed by atoms with Gasteiger partial charge in [0.15, 0.2) is 11.5 Å². The van der Waals surface area contributed by atoms with Crippen LogP contribution in [-0.2, 0) is 16.0 Å². The van der Waals surface area contributed by atoms with Gasteiger partial charge in [-0.2, -0.15) is 0 Å². The molecule has 0 saturated heterocycles. The third kappa shape index (κ3) is 5.55. The van der Waals surface area contributed by atoms with Crippen molar-refractivity contribution in [3.8, 4) is 17.2 Å². The largest absolute Gasteiger partial charge is 0.493 e. The van der Waals surface area contributed by atoms with Crippen LogP contribution in [0.1, 0.15) is 17.5 Å². The molecule has 0 atom stereocenters. The molecule has 0 aliphatic heterocycles. The summed E-state index contributed by atoms with van der Waals surface area (Å²) in [5.41, 5.74) is 1.98. The van der Waals surface area contributed by atoms with E-state index in [4.69, 9.17) is 18.9 Å². The van der Waals surface area contributed by atoms with E-state index in [0.29, 0.717) is 23.9 Å². The van der Waals surface area contributed by atoms with E-state index in [-0.39, 0.29) is 5.97 Å². The molecule has 0 saturated carbocycles. The Hall–Kier alpha value is -2.95. The highest BCUT2D eigenvalue weighted by molar-refractivity contribution is 5.87. The first-order valence-corrected chi connectivity index (χ1v) is 8.36. The first-order chi connectivity index (χ1) is 12.7. The number of hydrogen-bond donors (Lipinski definition) is 0. The summed E-state index contributed by atoms with van der Waals surface area (Å²) in [6.07, 6.45) is 4.71. The average Bonchev–Trinajstić information content (AvgIpc) is 2.69. The number of esters is 1. The van der Waals surface area contributed by atoms with Crippen molar-refractivity contribution in [1.82, 2.24) is 0 Å². The van der Waals surface area contributed by atoms with E-state index in [2.05, 4.69) is 12.1 Å². The van der Waals surface area contributed by atoms with Gasteiger partial charge >= 0.3 is 5.97 Å². The molecule has 0 aromatic heterocycles. The quantitative estimate of drug-likeness (QED) is 0.387. The van der Waals surface area contributed by atoms with Crippen molar-refractivity contribution < 1.29 is 23.7 Å². The summed E-state index contributed by atoms with van der Waals surface area (Å²) in [7, 11) is 4.64. The number of carbonyl (C=O) groups excluding carboxylic acids is 1. The molecule has 2 aromatic carbocycles. The Labute approximate surface area is 154 Å². The van der Waals surface area contributed by atoms with E-state index in [1.165, 1.54) is 11.6 Å². The lowest BCUT2D eigenvalue weighted by Crippen LogP contribution is -2.03. The Bertz CT molecular complexity index is 712. The number of aryl methyl sites for hydroxylation is 1. The van der Waals surface area contributed by atoms with Crippen LogP contribution in [0, 0.1) is 0 Å². The van der Waals surface area contributed by atoms with Crippen LogP contribution in [-0.4, -0.2) is 33.9 Å². The fraction of sp³-hybridized carbons (Fsp3) is 0.286. The summed E-state index contributed by atoms with van der Waals surface area (Å²) in [6, 6.07) is 13.6. The van der Waals surface area contributed by atoms with Crippen LogP contribution >= 0.6 is 0 Å². The molecule has 0 amide bonds. The summed E-state index contributed by atoms with van der Waals surface area (Å²) in [5.74, 6) is 1.19. The molecule has 5 nitrogen and oxygen atoms in total. The second kappa shape index (κ2) is 10.1. The summed E-state index contributed by atoms with van der Waals surface area (Å²) >= 11 is 0. The van der Waals surface area contributed by atoms with Gasteiger partial charge in [-0.1, -0.05) is 30.3 Å². The molecule has 0 bridgehead atoms. The summed E-state index contributed by atoms with van der Waals surface area (Å²) in [4.78, 5) is 11.9. The number of carbonyl (C=O) groups is 1. The van der Waals surface area contributed by atoms with Crippen molar-refractivity contribution in [2.45, 2.75) is 12.8 Å². The lowest BCUT2D eigenvalue weighted by Gasteiger charge is -2.12. The van der Waals surface area contributed by atoms with Crippen LogP contribution in [0.15, 0.2) is 48.5 Å². The molecule has 0 fully saturated rings. The fourth-order valence-electron chi connectivity index (χ4n) is 2.50. The standard InChI is InChI=1S/C21H24O5/c1-23-18-14-17(15-19(24-2)21(18)25-3)11-12-20(22)26-13-7-10-16-8-5-4-6-9-16/h4-6,8-9,11-12,14-15H,7,10,13H2,1-3H3/b12-11+. The smallest absolute Gasteiger partial charge is 0.330 e. The Balaban J connectivity index is 1.89. The van der Waals surface area contributed by atoms with Crippen LogP contribution in [0.5, 0.6) is 17.2 Å². The summed E-state index contributed by atoms with van der Waals surface area (Å²) in [5, 5.41) is 0. The minimum atomic E-state index is -0.383. The minimum Gasteiger partial charge on any atom is -0.493 e. The maximum absolute atomic E-state index is 11.9. The average molecular weight is 356 g/mol. The van der Waals surface area contributed by atoms with Crippen LogP contribution in [0.25, 0.3) is 6.08 Å². The third-order valence-electron chi connectivity index (χ3n) is 3.80. The van der Waals surface area contributed by atoms with Crippen molar-refractivity contribution in [3.05, 3.63) is 59.7 Å². The second-order valence-corrected chi connectivity index (χ2v) is 5.55. The third-order valence-corrected chi connectivity index (χ3v) is 3.80. The summed E-state index contributed by atoms with van der Waals surface area (Å²) < 4.78 is 21.1. The monoisotopic (exact) mass is 356 g/mol. The Morgan fingerprint density at radius 3 is 2.19 bits per heavy atom. The Kier molecular flexibility index (Phi) is 7.55. The van der Waals surface area contributed by atoms with Crippen LogP contribution in [0.4, 0.5) is 0 Å². The number of benzene rings is 2. The molecule has 0 aliphatic rings. The van der Waals surface area contributed by atoms with Crippen molar-refractivity contribution in [3.63, 3.8) is 0 Å². The van der Waals surface area contributed by atoms with Gasteiger partial charge in [-0.25, -0.2) is 4.79 Å². The summed E-state index contributed by atoms with van der Waals surface area (Å²) in [6.45, 7) is 0.382. The molecule has 138 valence electrons. The maximum atomic E-state index is 11.9. The molecule has 0 radical (unpaired) electrons. The van der Waals surface area contributed by atoms with Crippen molar-refractivity contribution in [1.29, 1.82) is 0 Å². The van der Waals surface area contributed by atoms with Gasteiger partial charge in [-0.05, 0) is 42.2 Å². The maximum Gasteiger partial charge on any atom is 0.330 e. The number of rotatable bonds is 9. The van der Waals surface area contributed by atoms with Crippen molar-refractivity contribution in [2.75, 3.05) is 27.9 Å². The van der Waals surface area contributed by atoms with E-state index in [0.717, 1.165) is 18.4 Å². The molecule has 2 rings (SSSR count). The number of methoxy groups -OCH3 is 3. The topological polar surface area (TPSA) is 54.0 Å². The number of hydrogen-bond acceptors (Lipinski definition) is 5. The van der Waals surface area contributed by atoms with Gasteiger partial charge in [-0.3, -0.25) is 0 Å². The van der Waals surface area contributed by atoms with Gasteiger partial charge in [-0.15, -0.1) is 0 Å². The van der Waals surface area contributed by atoms with Gasteiger partial charge in [0, 0.05) is 6.08 Å².